The number of rotatable bonds is 6. The SMILES string of the molecule is CCc1cn(CC(O)COC(=O)C(C)C)nn1. The van der Waals surface area contributed by atoms with E-state index in [0.717, 1.165) is 12.1 Å². The molecular weight excluding hydrogens is 222 g/mol. The van der Waals surface area contributed by atoms with E-state index < -0.39 is 6.10 Å². The van der Waals surface area contributed by atoms with Crippen LogP contribution in [0.15, 0.2) is 6.20 Å². The first-order chi connectivity index (χ1) is 8.02. The number of ether oxygens (including phenoxy) is 1. The van der Waals surface area contributed by atoms with Crippen LogP contribution in [0.3, 0.4) is 0 Å². The van der Waals surface area contributed by atoms with Crippen molar-refractivity contribution < 1.29 is 14.6 Å². The van der Waals surface area contributed by atoms with Crippen LogP contribution < -0.4 is 0 Å². The zero-order chi connectivity index (χ0) is 12.8. The van der Waals surface area contributed by atoms with E-state index in [1.165, 1.54) is 0 Å². The lowest BCUT2D eigenvalue weighted by atomic mass is 10.2. The van der Waals surface area contributed by atoms with Crippen LogP contribution in [0, 0.1) is 5.92 Å². The highest BCUT2D eigenvalue weighted by atomic mass is 16.5. The highest BCUT2D eigenvalue weighted by molar-refractivity contribution is 5.71. The topological polar surface area (TPSA) is 77.2 Å². The summed E-state index contributed by atoms with van der Waals surface area (Å²) < 4.78 is 6.47. The van der Waals surface area contributed by atoms with Crippen LogP contribution in [-0.4, -0.2) is 38.8 Å². The zero-order valence-corrected chi connectivity index (χ0v) is 10.5. The first-order valence-electron chi connectivity index (χ1n) is 5.76. The minimum atomic E-state index is -0.760. The average Bonchev–Trinajstić information content (AvgIpc) is 2.73. The normalized spacial score (nSPS) is 12.8. The number of aryl methyl sites for hydroxylation is 1. The first-order valence-corrected chi connectivity index (χ1v) is 5.76. The standard InChI is InChI=1S/C11H19N3O3/c1-4-9-5-14(13-12-9)6-10(15)7-17-11(16)8(2)3/h5,8,10,15H,4,6-7H2,1-3H3. The highest BCUT2D eigenvalue weighted by Crippen LogP contribution is 2.00. The van der Waals surface area contributed by atoms with Crippen LogP contribution in [0.5, 0.6) is 0 Å². The lowest BCUT2D eigenvalue weighted by Crippen LogP contribution is -2.25. The van der Waals surface area contributed by atoms with Crippen LogP contribution in [0.1, 0.15) is 26.5 Å². The Morgan fingerprint density at radius 3 is 2.82 bits per heavy atom. The Hall–Kier alpha value is -1.43. The van der Waals surface area contributed by atoms with Crippen LogP contribution in [0.2, 0.25) is 0 Å². The van der Waals surface area contributed by atoms with E-state index in [0.29, 0.717) is 0 Å². The summed E-state index contributed by atoms with van der Waals surface area (Å²) in [6, 6.07) is 0. The fourth-order valence-corrected chi connectivity index (χ4v) is 1.20. The van der Waals surface area contributed by atoms with Gasteiger partial charge in [0.05, 0.1) is 18.2 Å². The van der Waals surface area contributed by atoms with Crippen molar-refractivity contribution in [3.63, 3.8) is 0 Å². The summed E-state index contributed by atoms with van der Waals surface area (Å²) in [6.45, 7) is 5.74. The predicted octanol–water partition coefficient (Wildman–Crippen LogP) is 0.401. The first kappa shape index (κ1) is 13.6. The number of hydrogen-bond donors (Lipinski definition) is 1. The van der Waals surface area contributed by atoms with Gasteiger partial charge in [0, 0.05) is 6.20 Å². The molecule has 0 saturated heterocycles. The van der Waals surface area contributed by atoms with Crippen molar-refractivity contribution in [1.29, 1.82) is 0 Å². The van der Waals surface area contributed by atoms with Crippen molar-refractivity contribution in [3.8, 4) is 0 Å². The second-order valence-corrected chi connectivity index (χ2v) is 4.22. The molecule has 0 saturated carbocycles. The number of esters is 1. The molecule has 0 fully saturated rings. The molecule has 1 rings (SSSR count). The smallest absolute Gasteiger partial charge is 0.308 e. The Labute approximate surface area is 101 Å². The third-order valence-electron chi connectivity index (χ3n) is 2.24. The molecule has 0 radical (unpaired) electrons. The van der Waals surface area contributed by atoms with Gasteiger partial charge in [0.2, 0.25) is 0 Å². The van der Waals surface area contributed by atoms with Crippen molar-refractivity contribution in [2.75, 3.05) is 6.61 Å². The molecule has 1 unspecified atom stereocenters. The van der Waals surface area contributed by atoms with Crippen molar-refractivity contribution in [2.45, 2.75) is 39.8 Å². The van der Waals surface area contributed by atoms with Gasteiger partial charge in [0.1, 0.15) is 12.7 Å². The molecule has 96 valence electrons. The molecule has 1 aromatic rings. The molecule has 0 aromatic carbocycles. The third-order valence-corrected chi connectivity index (χ3v) is 2.24. The third kappa shape index (κ3) is 4.52. The van der Waals surface area contributed by atoms with Crippen molar-refractivity contribution in [3.05, 3.63) is 11.9 Å². The number of carbonyl (C=O) groups is 1. The maximum atomic E-state index is 11.2. The maximum absolute atomic E-state index is 11.2. The van der Waals surface area contributed by atoms with Crippen molar-refractivity contribution in [1.82, 2.24) is 15.0 Å². The Morgan fingerprint density at radius 1 is 1.59 bits per heavy atom. The monoisotopic (exact) mass is 241 g/mol. The molecule has 0 spiro atoms. The summed E-state index contributed by atoms with van der Waals surface area (Å²) in [6.07, 6.45) is 1.82. The van der Waals surface area contributed by atoms with E-state index in [1.54, 1.807) is 24.7 Å². The van der Waals surface area contributed by atoms with Gasteiger partial charge in [-0.05, 0) is 6.42 Å². The second-order valence-electron chi connectivity index (χ2n) is 4.22. The van der Waals surface area contributed by atoms with E-state index in [1.807, 2.05) is 6.92 Å². The average molecular weight is 241 g/mol. The molecule has 0 aliphatic heterocycles. The molecular formula is C11H19N3O3. The maximum Gasteiger partial charge on any atom is 0.308 e. The van der Waals surface area contributed by atoms with Crippen LogP contribution >= 0.6 is 0 Å². The number of aromatic nitrogens is 3. The van der Waals surface area contributed by atoms with Crippen LogP contribution in [0.4, 0.5) is 0 Å². The Bertz CT molecular complexity index is 363. The molecule has 1 heterocycles. The molecule has 6 heteroatoms. The molecule has 1 N–H and O–H groups in total. The second kappa shape index (κ2) is 6.34. The van der Waals surface area contributed by atoms with Crippen molar-refractivity contribution >= 4 is 5.97 Å². The summed E-state index contributed by atoms with van der Waals surface area (Å²) in [4.78, 5) is 11.2. The van der Waals surface area contributed by atoms with Gasteiger partial charge in [-0.15, -0.1) is 5.10 Å². The molecule has 6 nitrogen and oxygen atoms in total. The van der Waals surface area contributed by atoms with E-state index in [9.17, 15) is 9.90 Å². The lowest BCUT2D eigenvalue weighted by molar-refractivity contribution is -0.150. The molecule has 17 heavy (non-hydrogen) atoms. The summed E-state index contributed by atoms with van der Waals surface area (Å²) in [5.74, 6) is -0.489. The number of hydrogen-bond acceptors (Lipinski definition) is 5. The van der Waals surface area contributed by atoms with Gasteiger partial charge < -0.3 is 9.84 Å². The highest BCUT2D eigenvalue weighted by Gasteiger charge is 2.13. The molecule has 0 amide bonds. The molecule has 1 atom stereocenters. The van der Waals surface area contributed by atoms with Crippen LogP contribution in [-0.2, 0) is 22.5 Å². The van der Waals surface area contributed by atoms with E-state index in [-0.39, 0.29) is 25.0 Å². The number of aliphatic hydroxyl groups is 1. The fourth-order valence-electron chi connectivity index (χ4n) is 1.20. The zero-order valence-electron chi connectivity index (χ0n) is 10.5. The Morgan fingerprint density at radius 2 is 2.29 bits per heavy atom. The fraction of sp³-hybridized carbons (Fsp3) is 0.727. The van der Waals surface area contributed by atoms with E-state index >= 15 is 0 Å². The van der Waals surface area contributed by atoms with Gasteiger partial charge in [-0.25, -0.2) is 4.68 Å². The predicted molar refractivity (Wildman–Crippen MR) is 61.2 cm³/mol. The Balaban J connectivity index is 2.34. The molecule has 1 aromatic heterocycles. The Kier molecular flexibility index (Phi) is 5.09. The van der Waals surface area contributed by atoms with Gasteiger partial charge in [0.25, 0.3) is 0 Å². The molecule has 0 aliphatic rings. The van der Waals surface area contributed by atoms with Gasteiger partial charge >= 0.3 is 5.97 Å². The van der Waals surface area contributed by atoms with Crippen LogP contribution in [0.25, 0.3) is 0 Å². The summed E-state index contributed by atoms with van der Waals surface area (Å²) in [7, 11) is 0. The number of carbonyl (C=O) groups excluding carboxylic acids is 1. The van der Waals surface area contributed by atoms with Gasteiger partial charge in [-0.3, -0.25) is 4.79 Å². The van der Waals surface area contributed by atoms with Gasteiger partial charge in [-0.2, -0.15) is 0 Å². The quantitative estimate of drug-likeness (QED) is 0.729. The van der Waals surface area contributed by atoms with Gasteiger partial charge in [-0.1, -0.05) is 26.0 Å². The van der Waals surface area contributed by atoms with E-state index in [4.69, 9.17) is 4.74 Å². The largest absolute Gasteiger partial charge is 0.463 e. The van der Waals surface area contributed by atoms with Gasteiger partial charge in [0.15, 0.2) is 0 Å². The number of aliphatic hydroxyl groups excluding tert-OH is 1. The molecule has 0 aliphatic carbocycles. The molecule has 0 bridgehead atoms. The lowest BCUT2D eigenvalue weighted by Gasteiger charge is -2.12. The minimum Gasteiger partial charge on any atom is -0.463 e. The summed E-state index contributed by atoms with van der Waals surface area (Å²) in [5.41, 5.74) is 0.872. The van der Waals surface area contributed by atoms with E-state index in [2.05, 4.69) is 10.3 Å². The summed E-state index contributed by atoms with van der Waals surface area (Å²) >= 11 is 0. The van der Waals surface area contributed by atoms with Crippen molar-refractivity contribution in [2.24, 2.45) is 5.92 Å². The summed E-state index contributed by atoms with van der Waals surface area (Å²) in [5, 5.41) is 17.4. The minimum absolute atomic E-state index is 0.0155. The number of nitrogens with zero attached hydrogens (tertiary/aromatic N) is 3.